The molecule has 480 valence electrons. The molecular weight excluding hydrogens is 1130 g/mol. The van der Waals surface area contributed by atoms with E-state index in [1.807, 2.05) is 21.6 Å². The van der Waals surface area contributed by atoms with Crippen LogP contribution >= 0.6 is 21.6 Å². The van der Waals surface area contributed by atoms with Gasteiger partial charge >= 0.3 is 23.9 Å². The maximum atomic E-state index is 15.0. The second-order valence-corrected chi connectivity index (χ2v) is 27.9. The van der Waals surface area contributed by atoms with Crippen molar-refractivity contribution in [3.63, 3.8) is 0 Å². The number of unbranched alkanes of at least 4 members (excludes halogenated alkanes) is 1. The van der Waals surface area contributed by atoms with Crippen molar-refractivity contribution in [1.82, 2.24) is 36.6 Å². The van der Waals surface area contributed by atoms with Gasteiger partial charge in [-0.25, -0.2) is 4.98 Å². The van der Waals surface area contributed by atoms with Crippen LogP contribution in [0.25, 0.3) is 0 Å². The molecule has 84 heavy (non-hydrogen) atoms. The number of hydrogen-bond acceptors (Lipinski definition) is 16. The Balaban J connectivity index is 2.69. The number of carboxylic acid groups (broad SMARTS) is 4. The predicted molar refractivity (Wildman–Crippen MR) is 318 cm³/mol. The Labute approximate surface area is 503 Å². The Morgan fingerprint density at radius 1 is 0.583 bits per heavy atom. The van der Waals surface area contributed by atoms with Gasteiger partial charge in [0.1, 0.15) is 0 Å². The normalized spacial score (nSPS) is 16.9. The van der Waals surface area contributed by atoms with E-state index in [1.54, 1.807) is 20.8 Å². The lowest BCUT2D eigenvalue weighted by atomic mass is 9.57. The van der Waals surface area contributed by atoms with Gasteiger partial charge < -0.3 is 71.7 Å². The minimum atomic E-state index is -1.77. The van der Waals surface area contributed by atoms with Crippen LogP contribution in [-0.4, -0.2) is 177 Å². The number of rotatable bonds is 44. The topological polar surface area (TPSA) is 382 Å². The third kappa shape index (κ3) is 25.5. The Morgan fingerprint density at radius 3 is 1.57 bits per heavy atom. The summed E-state index contributed by atoms with van der Waals surface area (Å²) in [4.78, 5) is 132. The number of carbonyl (C=O) groups is 9. The zero-order valence-corrected chi connectivity index (χ0v) is 52.7. The summed E-state index contributed by atoms with van der Waals surface area (Å²) in [6.45, 7) is 15.3. The van der Waals surface area contributed by atoms with Crippen molar-refractivity contribution in [2.45, 2.75) is 145 Å². The van der Waals surface area contributed by atoms with Gasteiger partial charge in [0, 0.05) is 101 Å². The Morgan fingerprint density at radius 2 is 1.07 bits per heavy atom. The minimum Gasteiger partial charge on any atom is -0.481 e. The molecule has 5 amide bonds. The van der Waals surface area contributed by atoms with Crippen molar-refractivity contribution in [3.8, 4) is 0 Å². The van der Waals surface area contributed by atoms with E-state index >= 15 is 0 Å². The summed E-state index contributed by atoms with van der Waals surface area (Å²) in [6.07, 6.45) is 6.49. The second-order valence-electron chi connectivity index (χ2n) is 25.1. The smallest absolute Gasteiger partial charge is 0.307 e. The average molecular weight is 1230 g/mol. The van der Waals surface area contributed by atoms with E-state index in [9.17, 15) is 68.7 Å². The zero-order chi connectivity index (χ0) is 63.4. The molecule has 1 fully saturated rings. The predicted octanol–water partition coefficient (Wildman–Crippen LogP) is 4.63. The number of nitrogens with one attached hydrogen (secondary N) is 6. The Bertz CT molecular complexity index is 2240. The van der Waals surface area contributed by atoms with Crippen LogP contribution < -0.4 is 26.6 Å². The van der Waals surface area contributed by atoms with E-state index < -0.39 is 136 Å². The first-order chi connectivity index (χ1) is 39.3. The van der Waals surface area contributed by atoms with E-state index in [4.69, 9.17) is 14.6 Å². The van der Waals surface area contributed by atoms with Crippen molar-refractivity contribution >= 4 is 75.0 Å². The van der Waals surface area contributed by atoms with Crippen LogP contribution in [0.5, 0.6) is 0 Å². The average Bonchev–Trinajstić information content (AvgIpc) is 1.79. The highest BCUT2D eigenvalue weighted by molar-refractivity contribution is 8.77. The number of aromatic nitrogens is 2. The van der Waals surface area contributed by atoms with Gasteiger partial charge in [-0.3, -0.25) is 43.2 Å². The highest BCUT2D eigenvalue weighted by atomic mass is 33.1. The summed E-state index contributed by atoms with van der Waals surface area (Å²) in [7, 11) is 3.75. The summed E-state index contributed by atoms with van der Waals surface area (Å²) < 4.78 is 10.9. The van der Waals surface area contributed by atoms with Crippen molar-refractivity contribution in [2.75, 3.05) is 78.1 Å². The molecule has 1 aromatic heterocycles. The fourth-order valence-corrected chi connectivity index (χ4v) is 14.8. The number of aromatic amines is 1. The quantitative estimate of drug-likeness (QED) is 0.0313. The van der Waals surface area contributed by atoms with Gasteiger partial charge in [-0.1, -0.05) is 97.2 Å². The van der Waals surface area contributed by atoms with Gasteiger partial charge in [0.15, 0.2) is 0 Å². The second kappa shape index (κ2) is 36.9. The Kier molecular flexibility index (Phi) is 32.9. The third-order valence-electron chi connectivity index (χ3n) is 15.8. The molecule has 26 heteroatoms. The monoisotopic (exact) mass is 1230 g/mol. The number of ether oxygens (including phenoxy) is 2. The molecule has 0 aliphatic carbocycles. The van der Waals surface area contributed by atoms with Crippen LogP contribution in [0.4, 0.5) is 0 Å². The van der Waals surface area contributed by atoms with Crippen LogP contribution in [0.15, 0.2) is 12.5 Å². The molecule has 24 nitrogen and oxygen atoms in total. The third-order valence-corrected chi connectivity index (χ3v) is 18.8. The number of carbonyl (C=O) groups excluding carboxylic acids is 5. The van der Waals surface area contributed by atoms with Gasteiger partial charge in [0.25, 0.3) is 0 Å². The molecule has 1 aliphatic rings. The van der Waals surface area contributed by atoms with Gasteiger partial charge in [-0.05, 0) is 73.0 Å². The van der Waals surface area contributed by atoms with Crippen LogP contribution in [0.3, 0.4) is 0 Å². The number of aliphatic hydroxyl groups excluding tert-OH is 2. The molecule has 9 unspecified atom stereocenters. The number of amides is 5. The summed E-state index contributed by atoms with van der Waals surface area (Å²) in [6, 6.07) is 0. The SMILES string of the molecule is CC(C(=O)NCCOCCCO)C(C(=O)O)C(C)(C)CC(C(=O)O)C(C(=O)NCCc1cnc[nH]1)C(C)(C)CC(C(=O)NCCOCCCO)C(C(=O)O)C(C)(C)CC(C(=O)O)C(C(=O)NCCNC(=O)CCCCC1CCSS1)C(C)(C)C. The first-order valence-corrected chi connectivity index (χ1v) is 31.6. The van der Waals surface area contributed by atoms with Crippen LogP contribution in [0.2, 0.25) is 0 Å². The van der Waals surface area contributed by atoms with Crippen molar-refractivity contribution in [2.24, 2.45) is 69.0 Å². The molecule has 9 atom stereocenters. The highest BCUT2D eigenvalue weighted by Crippen LogP contribution is 2.51. The minimum absolute atomic E-state index is 0.0125. The van der Waals surface area contributed by atoms with Crippen LogP contribution in [-0.2, 0) is 59.0 Å². The van der Waals surface area contributed by atoms with Crippen molar-refractivity contribution in [3.05, 3.63) is 18.2 Å². The summed E-state index contributed by atoms with van der Waals surface area (Å²) >= 11 is 0. The van der Waals surface area contributed by atoms with E-state index in [1.165, 1.54) is 61.0 Å². The lowest BCUT2D eigenvalue weighted by Crippen LogP contribution is -2.53. The first kappa shape index (κ1) is 75.1. The summed E-state index contributed by atoms with van der Waals surface area (Å²) in [5, 5.41) is 77.1. The zero-order valence-electron chi connectivity index (χ0n) is 51.1. The van der Waals surface area contributed by atoms with Crippen LogP contribution in [0, 0.1) is 69.0 Å². The first-order valence-electron chi connectivity index (χ1n) is 29.3. The fraction of sp³-hybridized carbons (Fsp3) is 0.793. The van der Waals surface area contributed by atoms with E-state index in [2.05, 4.69) is 36.6 Å². The number of nitrogens with zero attached hydrogens (tertiary/aromatic N) is 1. The van der Waals surface area contributed by atoms with E-state index in [-0.39, 0.29) is 84.7 Å². The molecule has 2 rings (SSSR count). The molecule has 1 aliphatic heterocycles. The Hall–Kier alpha value is -5.02. The van der Waals surface area contributed by atoms with E-state index in [0.717, 1.165) is 25.0 Å². The number of aliphatic hydroxyl groups is 2. The summed E-state index contributed by atoms with van der Waals surface area (Å²) in [5.74, 6) is -20.3. The lowest BCUT2D eigenvalue weighted by Gasteiger charge is -2.45. The molecule has 0 aromatic carbocycles. The van der Waals surface area contributed by atoms with Gasteiger partial charge in [-0.2, -0.15) is 0 Å². The van der Waals surface area contributed by atoms with Gasteiger partial charge in [0.2, 0.25) is 29.5 Å². The molecular formula is C58H99N7O17S2. The molecule has 0 saturated carbocycles. The number of H-pyrrole nitrogens is 1. The number of carboxylic acids is 4. The van der Waals surface area contributed by atoms with Crippen molar-refractivity contribution in [1.29, 1.82) is 0 Å². The lowest BCUT2D eigenvalue weighted by molar-refractivity contribution is -0.162. The molecule has 12 N–H and O–H groups in total. The van der Waals surface area contributed by atoms with Gasteiger partial charge in [-0.15, -0.1) is 0 Å². The maximum absolute atomic E-state index is 15.0. The summed E-state index contributed by atoms with van der Waals surface area (Å²) in [5.41, 5.74) is -5.28. The highest BCUT2D eigenvalue weighted by Gasteiger charge is 2.55. The molecule has 1 aromatic rings. The molecule has 2 heterocycles. The van der Waals surface area contributed by atoms with Crippen molar-refractivity contribution < 1.29 is 83.3 Å². The number of aliphatic carboxylic acids is 4. The van der Waals surface area contributed by atoms with Crippen LogP contribution in [0.1, 0.15) is 139 Å². The fourth-order valence-electron chi connectivity index (χ4n) is 11.8. The standard InChI is InChI=1S/C58H99N7O17S2/c1-36(47(69)63-22-28-81-26-13-24-66)43(53(77)78)56(5,6)33-41(52(75)76)45(50(72)61-19-17-37-34-59-35-65-37)57(7,8)31-39(48(70)64-23-29-82-27-14-25-67)46(54(79)80)58(9,10)32-40(51(73)74)44(55(2,3)4)49(71)62-21-20-60-42(68)16-12-11-15-38-18-30-83-84-38/h34-36,38-41,43-46,66-67H,11-33H2,1-10H3,(H,59,65)(H,60,68)(H,61,72)(H,62,71)(H,63,69)(H,64,70)(H,73,74)(H,75,76)(H,77,78)(H,79,80). The van der Waals surface area contributed by atoms with Gasteiger partial charge in [0.05, 0.1) is 61.0 Å². The number of imidazole rings is 1. The maximum Gasteiger partial charge on any atom is 0.307 e. The molecule has 0 bridgehead atoms. The molecule has 0 radical (unpaired) electrons. The number of hydrogen-bond donors (Lipinski definition) is 12. The molecule has 1 saturated heterocycles. The molecule has 0 spiro atoms. The largest absolute Gasteiger partial charge is 0.481 e. The van der Waals surface area contributed by atoms with E-state index in [0.29, 0.717) is 36.6 Å².